The van der Waals surface area contributed by atoms with Gasteiger partial charge < -0.3 is 15.2 Å². The predicted molar refractivity (Wildman–Crippen MR) is 65.1 cm³/mol. The van der Waals surface area contributed by atoms with Crippen molar-refractivity contribution in [2.24, 2.45) is 0 Å². The fourth-order valence-electron chi connectivity index (χ4n) is 1.20. The van der Waals surface area contributed by atoms with Crippen LogP contribution in [-0.2, 0) is 4.74 Å². The Kier molecular flexibility index (Phi) is 5.73. The molecule has 0 radical (unpaired) electrons. The summed E-state index contributed by atoms with van der Waals surface area (Å²) in [5.74, 6) is -0.349. The van der Waals surface area contributed by atoms with Gasteiger partial charge in [-0.2, -0.15) is 0 Å². The van der Waals surface area contributed by atoms with Crippen LogP contribution in [0, 0.1) is 5.82 Å². The summed E-state index contributed by atoms with van der Waals surface area (Å²) in [5, 5.41) is 12.3. The lowest BCUT2D eigenvalue weighted by Gasteiger charge is -2.14. The first kappa shape index (κ1) is 13.4. The van der Waals surface area contributed by atoms with Gasteiger partial charge >= 0.3 is 0 Å². The van der Waals surface area contributed by atoms with E-state index in [4.69, 9.17) is 4.74 Å². The molecule has 2 N–H and O–H groups in total. The molecule has 0 aliphatic carbocycles. The van der Waals surface area contributed by atoms with Gasteiger partial charge in [0.2, 0.25) is 0 Å². The molecule has 1 aromatic carbocycles. The number of rotatable bonds is 6. The van der Waals surface area contributed by atoms with Crippen LogP contribution in [0.25, 0.3) is 0 Å². The normalized spacial score (nSPS) is 12.5. The van der Waals surface area contributed by atoms with Crippen molar-refractivity contribution in [1.29, 1.82) is 0 Å². The molecule has 0 heterocycles. The highest BCUT2D eigenvalue weighted by molar-refractivity contribution is 9.10. The molecule has 3 nitrogen and oxygen atoms in total. The standard InChI is InChI=1S/C11H15BrFNO2/c1-2-16-7-8(15)6-14-11-9(12)4-3-5-10(11)13/h3-5,8,14-15H,2,6-7H2,1H3. The second kappa shape index (κ2) is 6.83. The molecule has 90 valence electrons. The summed E-state index contributed by atoms with van der Waals surface area (Å²) in [7, 11) is 0. The highest BCUT2D eigenvalue weighted by Crippen LogP contribution is 2.24. The summed E-state index contributed by atoms with van der Waals surface area (Å²) in [6.45, 7) is 2.91. The lowest BCUT2D eigenvalue weighted by molar-refractivity contribution is 0.0495. The molecule has 1 atom stereocenters. The topological polar surface area (TPSA) is 41.5 Å². The molecule has 0 aliphatic heterocycles. The van der Waals surface area contributed by atoms with Gasteiger partial charge in [-0.3, -0.25) is 0 Å². The van der Waals surface area contributed by atoms with E-state index >= 15 is 0 Å². The Bertz CT molecular complexity index is 316. The Hall–Kier alpha value is -0.650. The van der Waals surface area contributed by atoms with E-state index in [9.17, 15) is 9.50 Å². The van der Waals surface area contributed by atoms with Crippen LogP contribution in [0.2, 0.25) is 0 Å². The lowest BCUT2D eigenvalue weighted by atomic mass is 10.3. The van der Waals surface area contributed by atoms with Crippen molar-refractivity contribution >= 4 is 21.6 Å². The van der Waals surface area contributed by atoms with Crippen LogP contribution in [-0.4, -0.2) is 31.0 Å². The van der Waals surface area contributed by atoms with Crippen molar-refractivity contribution < 1.29 is 14.2 Å². The van der Waals surface area contributed by atoms with Crippen molar-refractivity contribution in [3.05, 3.63) is 28.5 Å². The average molecular weight is 292 g/mol. The molecule has 0 saturated carbocycles. The van der Waals surface area contributed by atoms with Crippen LogP contribution in [0.3, 0.4) is 0 Å². The molecule has 5 heteroatoms. The van der Waals surface area contributed by atoms with Gasteiger partial charge in [-0.25, -0.2) is 4.39 Å². The summed E-state index contributed by atoms with van der Waals surface area (Å²) < 4.78 is 19.0. The first-order valence-electron chi connectivity index (χ1n) is 5.08. The zero-order valence-electron chi connectivity index (χ0n) is 9.04. The van der Waals surface area contributed by atoms with Gasteiger partial charge in [-0.15, -0.1) is 0 Å². The molecule has 1 aromatic rings. The summed E-state index contributed by atoms with van der Waals surface area (Å²) >= 11 is 3.23. The largest absolute Gasteiger partial charge is 0.389 e. The Morgan fingerprint density at radius 2 is 2.31 bits per heavy atom. The van der Waals surface area contributed by atoms with E-state index in [1.54, 1.807) is 12.1 Å². The van der Waals surface area contributed by atoms with E-state index in [1.165, 1.54) is 6.07 Å². The predicted octanol–water partition coefficient (Wildman–Crippen LogP) is 2.40. The third-order valence-corrected chi connectivity index (χ3v) is 2.65. The molecule has 1 rings (SSSR count). The monoisotopic (exact) mass is 291 g/mol. The third-order valence-electron chi connectivity index (χ3n) is 1.99. The maximum Gasteiger partial charge on any atom is 0.147 e. The molecule has 0 fully saturated rings. The van der Waals surface area contributed by atoms with E-state index in [2.05, 4.69) is 21.2 Å². The van der Waals surface area contributed by atoms with Crippen LogP contribution in [0.5, 0.6) is 0 Å². The molecule has 16 heavy (non-hydrogen) atoms. The van der Waals surface area contributed by atoms with E-state index < -0.39 is 6.10 Å². The van der Waals surface area contributed by atoms with Gasteiger partial charge in [-0.1, -0.05) is 6.07 Å². The molecular formula is C11H15BrFNO2. The smallest absolute Gasteiger partial charge is 0.147 e. The third kappa shape index (κ3) is 4.08. The van der Waals surface area contributed by atoms with Crippen LogP contribution in [0.15, 0.2) is 22.7 Å². The maximum absolute atomic E-state index is 13.3. The molecule has 0 amide bonds. The van der Waals surface area contributed by atoms with Crippen LogP contribution >= 0.6 is 15.9 Å². The summed E-state index contributed by atoms with van der Waals surface area (Å²) in [6, 6.07) is 4.71. The number of hydrogen-bond donors (Lipinski definition) is 2. The van der Waals surface area contributed by atoms with Crippen molar-refractivity contribution in [3.8, 4) is 0 Å². The first-order chi connectivity index (χ1) is 7.65. The second-order valence-electron chi connectivity index (χ2n) is 3.29. The SMILES string of the molecule is CCOCC(O)CNc1c(F)cccc1Br. The minimum atomic E-state index is -0.647. The van der Waals surface area contributed by atoms with Crippen LogP contribution in [0.4, 0.5) is 10.1 Å². The fourth-order valence-corrected chi connectivity index (χ4v) is 1.68. The number of anilines is 1. The van der Waals surface area contributed by atoms with Crippen LogP contribution in [0.1, 0.15) is 6.92 Å². The second-order valence-corrected chi connectivity index (χ2v) is 4.15. The Balaban J connectivity index is 2.48. The van der Waals surface area contributed by atoms with Crippen molar-refractivity contribution in [2.45, 2.75) is 13.0 Å². The number of hydrogen-bond acceptors (Lipinski definition) is 3. The molecular weight excluding hydrogens is 277 g/mol. The Morgan fingerprint density at radius 1 is 1.56 bits per heavy atom. The van der Waals surface area contributed by atoms with Crippen molar-refractivity contribution in [3.63, 3.8) is 0 Å². The van der Waals surface area contributed by atoms with Gasteiger partial charge in [0, 0.05) is 17.6 Å². The summed E-state index contributed by atoms with van der Waals surface area (Å²) in [5.41, 5.74) is 0.359. The highest BCUT2D eigenvalue weighted by atomic mass is 79.9. The Labute approximate surface area is 103 Å². The van der Waals surface area contributed by atoms with Gasteiger partial charge in [-0.05, 0) is 35.0 Å². The van der Waals surface area contributed by atoms with Gasteiger partial charge in [0.25, 0.3) is 0 Å². The number of ether oxygens (including phenoxy) is 1. The zero-order valence-corrected chi connectivity index (χ0v) is 10.6. The maximum atomic E-state index is 13.3. The quantitative estimate of drug-likeness (QED) is 0.846. The molecule has 1 unspecified atom stereocenters. The number of aliphatic hydroxyl groups excluding tert-OH is 1. The minimum Gasteiger partial charge on any atom is -0.389 e. The number of nitrogens with one attached hydrogen (secondary N) is 1. The number of para-hydroxylation sites is 1. The van der Waals surface area contributed by atoms with Gasteiger partial charge in [0.05, 0.1) is 18.4 Å². The molecule has 0 spiro atoms. The van der Waals surface area contributed by atoms with E-state index in [0.29, 0.717) is 16.8 Å². The molecule has 0 aromatic heterocycles. The number of aliphatic hydroxyl groups is 1. The number of halogens is 2. The minimum absolute atomic E-state index is 0.246. The van der Waals surface area contributed by atoms with E-state index in [0.717, 1.165) is 0 Å². The Morgan fingerprint density at radius 3 is 2.94 bits per heavy atom. The van der Waals surface area contributed by atoms with Crippen molar-refractivity contribution in [2.75, 3.05) is 25.1 Å². The van der Waals surface area contributed by atoms with Gasteiger partial charge in [0.15, 0.2) is 0 Å². The summed E-state index contributed by atoms with van der Waals surface area (Å²) in [6.07, 6.45) is -0.647. The lowest BCUT2D eigenvalue weighted by Crippen LogP contribution is -2.25. The number of benzene rings is 1. The molecule has 0 saturated heterocycles. The van der Waals surface area contributed by atoms with E-state index in [1.807, 2.05) is 6.92 Å². The first-order valence-corrected chi connectivity index (χ1v) is 5.88. The fraction of sp³-hybridized carbons (Fsp3) is 0.455. The molecule has 0 bridgehead atoms. The van der Waals surface area contributed by atoms with Crippen molar-refractivity contribution in [1.82, 2.24) is 0 Å². The van der Waals surface area contributed by atoms with Crippen LogP contribution < -0.4 is 5.32 Å². The average Bonchev–Trinajstić information content (AvgIpc) is 2.25. The highest BCUT2D eigenvalue weighted by Gasteiger charge is 2.08. The zero-order chi connectivity index (χ0) is 12.0. The molecule has 0 aliphatic rings. The van der Waals surface area contributed by atoms with E-state index in [-0.39, 0.29) is 19.0 Å². The summed E-state index contributed by atoms with van der Waals surface area (Å²) in [4.78, 5) is 0. The van der Waals surface area contributed by atoms with Gasteiger partial charge in [0.1, 0.15) is 5.82 Å².